The molecule has 2 atom stereocenters. The van der Waals surface area contributed by atoms with Crippen molar-refractivity contribution in [3.8, 4) is 0 Å². The average Bonchev–Trinajstić information content (AvgIpc) is 3.41. The van der Waals surface area contributed by atoms with Gasteiger partial charge in [-0.05, 0) is 78.6 Å². The van der Waals surface area contributed by atoms with Crippen LogP contribution in [0.25, 0.3) is 0 Å². The van der Waals surface area contributed by atoms with Crippen LogP contribution in [0.2, 0.25) is 10.0 Å². The molecule has 32 heavy (non-hydrogen) atoms. The van der Waals surface area contributed by atoms with Gasteiger partial charge in [-0.3, -0.25) is 9.80 Å². The van der Waals surface area contributed by atoms with E-state index in [0.717, 1.165) is 68.6 Å². The SMILES string of the molecule is COC(=O)c1cc(C2CC2)c(CN2C[C@@H]3C[C@H]2CN3CCc2cc(Cl)cc(Cl)c2)cc1F. The van der Waals surface area contributed by atoms with Crippen molar-refractivity contribution in [3.63, 3.8) is 0 Å². The molecule has 0 N–H and O–H groups in total. The lowest BCUT2D eigenvalue weighted by atomic mass is 9.98. The molecule has 0 amide bonds. The Labute approximate surface area is 198 Å². The highest BCUT2D eigenvalue weighted by atomic mass is 35.5. The number of nitrogens with zero attached hydrogens (tertiary/aromatic N) is 2. The third-order valence-corrected chi connectivity index (χ3v) is 7.54. The van der Waals surface area contributed by atoms with E-state index in [1.807, 2.05) is 12.1 Å². The average molecular weight is 477 g/mol. The molecule has 4 nitrogen and oxygen atoms in total. The summed E-state index contributed by atoms with van der Waals surface area (Å²) in [6, 6.07) is 10.0. The number of hydrogen-bond donors (Lipinski definition) is 0. The molecule has 5 rings (SSSR count). The van der Waals surface area contributed by atoms with E-state index in [1.54, 1.807) is 18.2 Å². The van der Waals surface area contributed by atoms with Gasteiger partial charge in [0.05, 0.1) is 12.7 Å². The molecular weight excluding hydrogens is 450 g/mol. The minimum absolute atomic E-state index is 0.0494. The van der Waals surface area contributed by atoms with Crippen molar-refractivity contribution in [3.05, 3.63) is 68.4 Å². The molecule has 170 valence electrons. The summed E-state index contributed by atoms with van der Waals surface area (Å²) in [5.74, 6) is -0.648. The minimum atomic E-state index is -0.604. The number of ether oxygens (including phenoxy) is 1. The molecule has 2 aliphatic heterocycles. The van der Waals surface area contributed by atoms with Crippen LogP contribution in [0.3, 0.4) is 0 Å². The highest BCUT2D eigenvalue weighted by Gasteiger charge is 2.43. The Morgan fingerprint density at radius 3 is 2.38 bits per heavy atom. The summed E-state index contributed by atoms with van der Waals surface area (Å²) in [5, 5.41) is 1.36. The summed E-state index contributed by atoms with van der Waals surface area (Å²) in [4.78, 5) is 17.0. The van der Waals surface area contributed by atoms with E-state index in [0.29, 0.717) is 28.0 Å². The number of piperazine rings is 1. The maximum Gasteiger partial charge on any atom is 0.340 e. The lowest BCUT2D eigenvalue weighted by molar-refractivity contribution is 0.0595. The Morgan fingerprint density at radius 2 is 1.75 bits per heavy atom. The molecule has 2 bridgehead atoms. The third kappa shape index (κ3) is 4.54. The number of rotatable bonds is 7. The van der Waals surface area contributed by atoms with E-state index in [4.69, 9.17) is 27.9 Å². The van der Waals surface area contributed by atoms with Gasteiger partial charge in [-0.2, -0.15) is 0 Å². The molecule has 7 heteroatoms. The third-order valence-electron chi connectivity index (χ3n) is 7.10. The number of methoxy groups -OCH3 is 1. The van der Waals surface area contributed by atoms with Crippen LogP contribution >= 0.6 is 23.2 Å². The van der Waals surface area contributed by atoms with Crippen LogP contribution in [0.5, 0.6) is 0 Å². The predicted molar refractivity (Wildman–Crippen MR) is 124 cm³/mol. The van der Waals surface area contributed by atoms with Gasteiger partial charge in [0.25, 0.3) is 0 Å². The molecule has 0 aromatic heterocycles. The molecule has 3 fully saturated rings. The molecule has 2 saturated heterocycles. The quantitative estimate of drug-likeness (QED) is 0.507. The van der Waals surface area contributed by atoms with Gasteiger partial charge in [-0.1, -0.05) is 23.2 Å². The minimum Gasteiger partial charge on any atom is -0.465 e. The summed E-state index contributed by atoms with van der Waals surface area (Å²) in [7, 11) is 1.29. The molecule has 0 spiro atoms. The maximum atomic E-state index is 14.6. The van der Waals surface area contributed by atoms with Crippen molar-refractivity contribution in [1.82, 2.24) is 9.80 Å². The van der Waals surface area contributed by atoms with Crippen molar-refractivity contribution in [2.24, 2.45) is 0 Å². The van der Waals surface area contributed by atoms with Crippen LogP contribution in [-0.4, -0.2) is 54.6 Å². The van der Waals surface area contributed by atoms with Gasteiger partial charge in [0, 0.05) is 48.3 Å². The van der Waals surface area contributed by atoms with E-state index in [-0.39, 0.29) is 5.56 Å². The van der Waals surface area contributed by atoms with Gasteiger partial charge in [-0.25, -0.2) is 9.18 Å². The van der Waals surface area contributed by atoms with Crippen LogP contribution in [0, 0.1) is 5.82 Å². The second-order valence-corrected chi connectivity index (χ2v) is 10.2. The highest BCUT2D eigenvalue weighted by Crippen LogP contribution is 2.43. The van der Waals surface area contributed by atoms with Gasteiger partial charge in [0.1, 0.15) is 5.82 Å². The molecule has 1 saturated carbocycles. The largest absolute Gasteiger partial charge is 0.465 e. The standard InChI is InChI=1S/C25H27Cl2FN2O2/c1-32-25(31)23-11-22(16-2-3-16)17(8-24(23)28)12-30-14-20-10-21(30)13-29(20)5-4-15-6-18(26)9-19(27)7-15/h6-9,11,16,20-21H,2-5,10,12-14H2,1H3/t20-,21-/m0/s1. The number of hydrogen-bond acceptors (Lipinski definition) is 4. The lowest BCUT2D eigenvalue weighted by Gasteiger charge is -2.34. The van der Waals surface area contributed by atoms with Crippen molar-refractivity contribution < 1.29 is 13.9 Å². The van der Waals surface area contributed by atoms with Crippen LogP contribution < -0.4 is 0 Å². The highest BCUT2D eigenvalue weighted by molar-refractivity contribution is 6.34. The maximum absolute atomic E-state index is 14.6. The van der Waals surface area contributed by atoms with Gasteiger partial charge in [-0.15, -0.1) is 0 Å². The van der Waals surface area contributed by atoms with Crippen molar-refractivity contribution >= 4 is 29.2 Å². The Kier molecular flexibility index (Phi) is 6.19. The Bertz CT molecular complexity index is 1020. The second-order valence-electron chi connectivity index (χ2n) is 9.29. The van der Waals surface area contributed by atoms with E-state index in [9.17, 15) is 9.18 Å². The summed E-state index contributed by atoms with van der Waals surface area (Å²) >= 11 is 12.3. The fraction of sp³-hybridized carbons (Fsp3) is 0.480. The van der Waals surface area contributed by atoms with Crippen LogP contribution in [-0.2, 0) is 17.7 Å². The summed E-state index contributed by atoms with van der Waals surface area (Å²) in [5.41, 5.74) is 3.35. The Morgan fingerprint density at radius 1 is 1.06 bits per heavy atom. The number of likely N-dealkylation sites (tertiary alicyclic amines) is 2. The molecule has 1 aliphatic carbocycles. The van der Waals surface area contributed by atoms with Gasteiger partial charge in [0.2, 0.25) is 0 Å². The molecule has 0 unspecified atom stereocenters. The van der Waals surface area contributed by atoms with E-state index in [2.05, 4.69) is 9.80 Å². The first kappa shape index (κ1) is 22.1. The zero-order chi connectivity index (χ0) is 22.4. The normalized spacial score (nSPS) is 23.1. The Balaban J connectivity index is 1.24. The Hall–Kier alpha value is -1.66. The molecule has 2 aromatic rings. The predicted octanol–water partition coefficient (Wildman–Crippen LogP) is 5.30. The first-order valence-electron chi connectivity index (χ1n) is 11.2. The fourth-order valence-electron chi connectivity index (χ4n) is 5.35. The van der Waals surface area contributed by atoms with Crippen LogP contribution in [0.15, 0.2) is 30.3 Å². The zero-order valence-corrected chi connectivity index (χ0v) is 19.6. The van der Waals surface area contributed by atoms with Crippen molar-refractivity contribution in [2.45, 2.75) is 50.2 Å². The molecular formula is C25H27Cl2FN2O2. The summed E-state index contributed by atoms with van der Waals surface area (Å²) in [6.07, 6.45) is 4.28. The topological polar surface area (TPSA) is 32.8 Å². The lowest BCUT2D eigenvalue weighted by Crippen LogP contribution is -2.46. The molecule has 2 aromatic carbocycles. The summed E-state index contributed by atoms with van der Waals surface area (Å²) < 4.78 is 19.4. The van der Waals surface area contributed by atoms with Crippen molar-refractivity contribution in [1.29, 1.82) is 0 Å². The molecule has 0 radical (unpaired) electrons. The van der Waals surface area contributed by atoms with Gasteiger partial charge < -0.3 is 4.74 Å². The second kappa shape index (κ2) is 8.94. The van der Waals surface area contributed by atoms with Gasteiger partial charge >= 0.3 is 5.97 Å². The van der Waals surface area contributed by atoms with Crippen LogP contribution in [0.4, 0.5) is 4.39 Å². The number of esters is 1. The molecule has 2 heterocycles. The van der Waals surface area contributed by atoms with E-state index >= 15 is 0 Å². The fourth-order valence-corrected chi connectivity index (χ4v) is 5.93. The van der Waals surface area contributed by atoms with Crippen molar-refractivity contribution in [2.75, 3.05) is 26.7 Å². The van der Waals surface area contributed by atoms with Crippen LogP contribution in [0.1, 0.15) is 52.2 Å². The number of carbonyl (C=O) groups is 1. The number of halogens is 3. The number of carbonyl (C=O) groups excluding carboxylic acids is 1. The monoisotopic (exact) mass is 476 g/mol. The number of fused-ring (bicyclic) bond motifs is 2. The molecule has 3 aliphatic rings. The first-order valence-corrected chi connectivity index (χ1v) is 12.0. The first-order chi connectivity index (χ1) is 15.4. The number of benzene rings is 2. The van der Waals surface area contributed by atoms with E-state index in [1.165, 1.54) is 7.11 Å². The van der Waals surface area contributed by atoms with E-state index < -0.39 is 11.8 Å². The smallest absolute Gasteiger partial charge is 0.340 e. The van der Waals surface area contributed by atoms with Gasteiger partial charge in [0.15, 0.2) is 0 Å². The summed E-state index contributed by atoms with van der Waals surface area (Å²) in [6.45, 7) is 3.75. The zero-order valence-electron chi connectivity index (χ0n) is 18.1.